The highest BCUT2D eigenvalue weighted by atomic mass is 16.5. The molecule has 7 nitrogen and oxygen atoms in total. The molecule has 0 aliphatic carbocycles. The van der Waals surface area contributed by atoms with Gasteiger partial charge in [0.05, 0.1) is 38.8 Å². The predicted molar refractivity (Wildman–Crippen MR) is 99.1 cm³/mol. The van der Waals surface area contributed by atoms with Gasteiger partial charge in [-0.05, 0) is 42.5 Å². The van der Waals surface area contributed by atoms with E-state index in [0.717, 1.165) is 50.5 Å². The molecule has 3 heterocycles. The molecule has 142 valence electrons. The van der Waals surface area contributed by atoms with Gasteiger partial charge in [0.15, 0.2) is 5.69 Å². The van der Waals surface area contributed by atoms with E-state index < -0.39 is 5.97 Å². The predicted octanol–water partition coefficient (Wildman–Crippen LogP) is 2.34. The topological polar surface area (TPSA) is 73.8 Å². The lowest BCUT2D eigenvalue weighted by molar-refractivity contribution is -0.0767. The number of anilines is 1. The average Bonchev–Trinajstić information content (AvgIpc) is 2.74. The quantitative estimate of drug-likeness (QED) is 0.769. The molecule has 4 rings (SSSR count). The summed E-state index contributed by atoms with van der Waals surface area (Å²) in [6, 6.07) is 6.29. The Kier molecular flexibility index (Phi) is 4.70. The molecule has 1 saturated heterocycles. The van der Waals surface area contributed by atoms with Crippen molar-refractivity contribution in [1.82, 2.24) is 9.97 Å². The molecule has 0 radical (unpaired) electrons. The van der Waals surface area contributed by atoms with Crippen LogP contribution < -0.4 is 9.64 Å². The summed E-state index contributed by atoms with van der Waals surface area (Å²) in [6.07, 6.45) is 5.77. The maximum atomic E-state index is 11.5. The standard InChI is InChI=1S/C20H23N3O4/c1-25-15-3-4-16-14(11-15)5-10-27-20(16)6-8-23(9-7-20)18-13-21-17(12-22-18)19(24)26-2/h3-4,11-13H,5-10H2,1-2H3. The number of ether oxygens (including phenoxy) is 3. The minimum atomic E-state index is -0.478. The number of hydrogen-bond acceptors (Lipinski definition) is 7. The summed E-state index contributed by atoms with van der Waals surface area (Å²) in [7, 11) is 3.03. The van der Waals surface area contributed by atoms with E-state index in [1.165, 1.54) is 24.4 Å². The number of benzene rings is 1. The molecule has 1 aromatic heterocycles. The molecular formula is C20H23N3O4. The number of fused-ring (bicyclic) bond motifs is 2. The molecular weight excluding hydrogens is 346 g/mol. The van der Waals surface area contributed by atoms with Gasteiger partial charge in [0, 0.05) is 13.1 Å². The number of carbonyl (C=O) groups excluding carboxylic acids is 1. The fraction of sp³-hybridized carbons (Fsp3) is 0.450. The van der Waals surface area contributed by atoms with Crippen molar-refractivity contribution in [2.24, 2.45) is 0 Å². The van der Waals surface area contributed by atoms with Gasteiger partial charge in [0.25, 0.3) is 0 Å². The Labute approximate surface area is 158 Å². The fourth-order valence-electron chi connectivity index (χ4n) is 3.99. The highest BCUT2D eigenvalue weighted by molar-refractivity contribution is 5.86. The molecule has 2 aromatic rings. The van der Waals surface area contributed by atoms with Crippen molar-refractivity contribution in [2.75, 3.05) is 38.8 Å². The lowest BCUT2D eigenvalue weighted by Gasteiger charge is -2.45. The second kappa shape index (κ2) is 7.15. The Morgan fingerprint density at radius 3 is 2.67 bits per heavy atom. The normalized spacial score (nSPS) is 18.1. The van der Waals surface area contributed by atoms with E-state index >= 15 is 0 Å². The molecule has 2 aliphatic rings. The van der Waals surface area contributed by atoms with Crippen molar-refractivity contribution in [1.29, 1.82) is 0 Å². The van der Waals surface area contributed by atoms with Gasteiger partial charge in [0.1, 0.15) is 11.6 Å². The summed E-state index contributed by atoms with van der Waals surface area (Å²) in [5.41, 5.74) is 2.57. The molecule has 2 aliphatic heterocycles. The van der Waals surface area contributed by atoms with Gasteiger partial charge < -0.3 is 19.1 Å². The molecule has 1 aromatic carbocycles. The van der Waals surface area contributed by atoms with Gasteiger partial charge in [-0.25, -0.2) is 14.8 Å². The summed E-state index contributed by atoms with van der Waals surface area (Å²) in [5, 5.41) is 0. The average molecular weight is 369 g/mol. The lowest BCUT2D eigenvalue weighted by Crippen LogP contribution is -2.47. The van der Waals surface area contributed by atoms with Crippen molar-refractivity contribution in [3.8, 4) is 5.75 Å². The summed E-state index contributed by atoms with van der Waals surface area (Å²) in [4.78, 5) is 22.2. The number of methoxy groups -OCH3 is 2. The van der Waals surface area contributed by atoms with Crippen molar-refractivity contribution in [3.05, 3.63) is 47.4 Å². The minimum absolute atomic E-state index is 0.216. The number of hydrogen-bond donors (Lipinski definition) is 0. The molecule has 0 amide bonds. The summed E-state index contributed by atoms with van der Waals surface area (Å²) in [6.45, 7) is 2.36. The zero-order chi connectivity index (χ0) is 18.9. The maximum absolute atomic E-state index is 11.5. The van der Waals surface area contributed by atoms with Crippen LogP contribution in [0.25, 0.3) is 0 Å². The molecule has 0 unspecified atom stereocenters. The van der Waals surface area contributed by atoms with Crippen LogP contribution in [0.1, 0.15) is 34.5 Å². The van der Waals surface area contributed by atoms with Crippen LogP contribution in [0, 0.1) is 0 Å². The van der Waals surface area contributed by atoms with Crippen molar-refractivity contribution >= 4 is 11.8 Å². The molecule has 0 bridgehead atoms. The van der Waals surface area contributed by atoms with Gasteiger partial charge >= 0.3 is 5.97 Å². The number of esters is 1. The molecule has 0 saturated carbocycles. The zero-order valence-electron chi connectivity index (χ0n) is 15.6. The molecule has 0 atom stereocenters. The Hall–Kier alpha value is -2.67. The monoisotopic (exact) mass is 369 g/mol. The Morgan fingerprint density at radius 1 is 1.19 bits per heavy atom. The Balaban J connectivity index is 1.50. The van der Waals surface area contributed by atoms with E-state index in [1.807, 2.05) is 6.07 Å². The third-order valence-electron chi connectivity index (χ3n) is 5.48. The number of rotatable bonds is 3. The first kappa shape index (κ1) is 17.7. The second-order valence-electron chi connectivity index (χ2n) is 6.85. The molecule has 7 heteroatoms. The number of nitrogens with zero attached hydrogens (tertiary/aromatic N) is 3. The van der Waals surface area contributed by atoms with E-state index in [2.05, 4.69) is 31.7 Å². The van der Waals surface area contributed by atoms with E-state index in [-0.39, 0.29) is 11.3 Å². The first-order valence-electron chi connectivity index (χ1n) is 9.12. The van der Waals surface area contributed by atoms with Crippen LogP contribution in [0.2, 0.25) is 0 Å². The van der Waals surface area contributed by atoms with Gasteiger partial charge in [-0.2, -0.15) is 0 Å². The maximum Gasteiger partial charge on any atom is 0.358 e. The van der Waals surface area contributed by atoms with Crippen molar-refractivity contribution in [2.45, 2.75) is 24.9 Å². The van der Waals surface area contributed by atoms with Gasteiger partial charge in [-0.3, -0.25) is 0 Å². The summed E-state index contributed by atoms with van der Waals surface area (Å²) < 4.78 is 16.3. The SMILES string of the molecule is COC(=O)c1cnc(N2CCC3(CC2)OCCc2cc(OC)ccc23)cn1. The van der Waals surface area contributed by atoms with Crippen LogP contribution >= 0.6 is 0 Å². The van der Waals surface area contributed by atoms with E-state index in [9.17, 15) is 4.79 Å². The third kappa shape index (κ3) is 3.23. The highest BCUT2D eigenvalue weighted by Crippen LogP contribution is 2.42. The number of carbonyl (C=O) groups is 1. The number of aromatic nitrogens is 2. The molecule has 27 heavy (non-hydrogen) atoms. The first-order valence-corrected chi connectivity index (χ1v) is 9.12. The largest absolute Gasteiger partial charge is 0.497 e. The van der Waals surface area contributed by atoms with Crippen LogP contribution in [0.3, 0.4) is 0 Å². The molecule has 1 fully saturated rings. The highest BCUT2D eigenvalue weighted by Gasteiger charge is 2.41. The van der Waals surface area contributed by atoms with Crippen LogP contribution in [-0.4, -0.2) is 49.9 Å². The van der Waals surface area contributed by atoms with Crippen molar-refractivity contribution < 1.29 is 19.0 Å². The van der Waals surface area contributed by atoms with Crippen LogP contribution in [0.5, 0.6) is 5.75 Å². The zero-order valence-corrected chi connectivity index (χ0v) is 15.6. The van der Waals surface area contributed by atoms with Gasteiger partial charge in [-0.15, -0.1) is 0 Å². The van der Waals surface area contributed by atoms with E-state index in [4.69, 9.17) is 9.47 Å². The van der Waals surface area contributed by atoms with Gasteiger partial charge in [0.2, 0.25) is 0 Å². The molecule has 0 N–H and O–H groups in total. The van der Waals surface area contributed by atoms with Gasteiger partial charge in [-0.1, -0.05) is 6.07 Å². The third-order valence-corrected chi connectivity index (χ3v) is 5.48. The smallest absolute Gasteiger partial charge is 0.358 e. The fourth-order valence-corrected chi connectivity index (χ4v) is 3.99. The van der Waals surface area contributed by atoms with E-state index in [1.54, 1.807) is 13.3 Å². The Morgan fingerprint density at radius 2 is 2.00 bits per heavy atom. The van der Waals surface area contributed by atoms with Crippen LogP contribution in [-0.2, 0) is 21.5 Å². The van der Waals surface area contributed by atoms with Crippen LogP contribution in [0.4, 0.5) is 5.82 Å². The second-order valence-corrected chi connectivity index (χ2v) is 6.85. The summed E-state index contributed by atoms with van der Waals surface area (Å²) >= 11 is 0. The van der Waals surface area contributed by atoms with Crippen molar-refractivity contribution in [3.63, 3.8) is 0 Å². The molecule has 1 spiro atoms. The Bertz CT molecular complexity index is 830. The first-order chi connectivity index (χ1) is 13.1. The summed E-state index contributed by atoms with van der Waals surface area (Å²) in [5.74, 6) is 1.18. The van der Waals surface area contributed by atoms with E-state index in [0.29, 0.717) is 0 Å². The number of piperidine rings is 1. The minimum Gasteiger partial charge on any atom is -0.497 e. The van der Waals surface area contributed by atoms with Crippen LogP contribution in [0.15, 0.2) is 30.6 Å². The lowest BCUT2D eigenvalue weighted by atomic mass is 9.79.